The summed E-state index contributed by atoms with van der Waals surface area (Å²) in [4.78, 5) is 11.6. The lowest BCUT2D eigenvalue weighted by molar-refractivity contribution is -0.156. The van der Waals surface area contributed by atoms with E-state index in [4.69, 9.17) is 14.2 Å². The summed E-state index contributed by atoms with van der Waals surface area (Å²) in [5.74, 6) is 3.47. The second-order valence-corrected chi connectivity index (χ2v) is 13.8. The van der Waals surface area contributed by atoms with Crippen molar-refractivity contribution in [3.8, 4) is 0 Å². The smallest absolute Gasteiger partial charge is 0.302 e. The van der Waals surface area contributed by atoms with E-state index in [1.807, 2.05) is 0 Å². The van der Waals surface area contributed by atoms with E-state index in [-0.39, 0.29) is 28.7 Å². The maximum absolute atomic E-state index is 11.6. The molecule has 0 bridgehead atoms. The zero-order chi connectivity index (χ0) is 23.4. The molecular weight excluding hydrogens is 412 g/mol. The second-order valence-electron chi connectivity index (χ2n) is 13.8. The van der Waals surface area contributed by atoms with E-state index >= 15 is 0 Å². The van der Waals surface area contributed by atoms with Crippen LogP contribution in [0, 0.1) is 40.4 Å². The highest BCUT2D eigenvalue weighted by atomic mass is 16.7. The number of epoxide rings is 2. The van der Waals surface area contributed by atoms with Crippen LogP contribution in [-0.4, -0.2) is 35.5 Å². The number of carbonyl (C=O) groups is 1. The fourth-order valence-corrected chi connectivity index (χ4v) is 10.4. The molecule has 186 valence electrons. The van der Waals surface area contributed by atoms with Crippen LogP contribution < -0.4 is 0 Å². The van der Waals surface area contributed by atoms with E-state index in [0.29, 0.717) is 29.5 Å². The fourth-order valence-electron chi connectivity index (χ4n) is 10.4. The minimum atomic E-state index is -0.136. The summed E-state index contributed by atoms with van der Waals surface area (Å²) in [5.41, 5.74) is 0.406. The predicted molar refractivity (Wildman–Crippen MR) is 128 cm³/mol. The van der Waals surface area contributed by atoms with Crippen molar-refractivity contribution in [2.24, 2.45) is 40.4 Å². The normalized spacial score (nSPS) is 54.4. The van der Waals surface area contributed by atoms with Crippen LogP contribution in [0.2, 0.25) is 0 Å². The number of hydrogen-bond donors (Lipinski definition) is 0. The minimum Gasteiger partial charge on any atom is -0.463 e. The molecular formula is C29H46O4. The number of esters is 1. The van der Waals surface area contributed by atoms with Gasteiger partial charge in [-0.1, -0.05) is 53.9 Å². The fraction of sp³-hybridized carbons (Fsp3) is 0.966. The molecule has 11 atom stereocenters. The van der Waals surface area contributed by atoms with Crippen molar-refractivity contribution in [1.82, 2.24) is 0 Å². The molecule has 0 aromatic heterocycles. The third-order valence-electron chi connectivity index (χ3n) is 11.9. The summed E-state index contributed by atoms with van der Waals surface area (Å²) >= 11 is 0. The summed E-state index contributed by atoms with van der Waals surface area (Å²) < 4.78 is 19.5. The number of fused-ring (bicyclic) bond motifs is 2. The maximum Gasteiger partial charge on any atom is 0.302 e. The molecule has 0 aromatic carbocycles. The van der Waals surface area contributed by atoms with E-state index in [1.165, 1.54) is 38.5 Å². The third-order valence-corrected chi connectivity index (χ3v) is 11.9. The van der Waals surface area contributed by atoms with Crippen LogP contribution in [-0.2, 0) is 19.0 Å². The Morgan fingerprint density at radius 1 is 1.03 bits per heavy atom. The lowest BCUT2D eigenvalue weighted by atomic mass is 9.43. The average molecular weight is 459 g/mol. The highest BCUT2D eigenvalue weighted by Crippen LogP contribution is 2.83. The van der Waals surface area contributed by atoms with Crippen molar-refractivity contribution in [2.45, 2.75) is 135 Å². The van der Waals surface area contributed by atoms with Crippen LogP contribution in [0.4, 0.5) is 0 Å². The van der Waals surface area contributed by atoms with Crippen molar-refractivity contribution in [2.75, 3.05) is 0 Å². The molecule has 2 aliphatic heterocycles. The second kappa shape index (κ2) is 7.21. The monoisotopic (exact) mass is 458 g/mol. The van der Waals surface area contributed by atoms with Gasteiger partial charge in [-0.05, 0) is 80.0 Å². The lowest BCUT2D eigenvalue weighted by Gasteiger charge is -2.57. The Hall–Kier alpha value is -0.610. The van der Waals surface area contributed by atoms with Crippen LogP contribution >= 0.6 is 0 Å². The summed E-state index contributed by atoms with van der Waals surface area (Å²) in [6, 6.07) is 0. The van der Waals surface area contributed by atoms with Crippen LogP contribution in [0.15, 0.2) is 0 Å². The molecule has 0 amide bonds. The Morgan fingerprint density at radius 2 is 1.82 bits per heavy atom. The number of rotatable bonds is 6. The van der Waals surface area contributed by atoms with E-state index in [2.05, 4.69) is 34.6 Å². The molecule has 4 heteroatoms. The zero-order valence-electron chi connectivity index (χ0n) is 21.8. The Morgan fingerprint density at radius 3 is 2.55 bits per heavy atom. The summed E-state index contributed by atoms with van der Waals surface area (Å²) in [5, 5.41) is 0. The van der Waals surface area contributed by atoms with Crippen LogP contribution in [0.3, 0.4) is 0 Å². The van der Waals surface area contributed by atoms with Gasteiger partial charge in [0.05, 0.1) is 12.2 Å². The Balaban J connectivity index is 1.24. The first-order valence-corrected chi connectivity index (χ1v) is 14.1. The zero-order valence-corrected chi connectivity index (χ0v) is 21.8. The van der Waals surface area contributed by atoms with Gasteiger partial charge in [0.1, 0.15) is 17.3 Å². The van der Waals surface area contributed by atoms with Gasteiger partial charge >= 0.3 is 5.97 Å². The van der Waals surface area contributed by atoms with Crippen LogP contribution in [0.1, 0.15) is 106 Å². The molecule has 2 heterocycles. The number of carbonyl (C=O) groups excluding carboxylic acids is 1. The molecule has 6 fully saturated rings. The Bertz CT molecular complexity index is 824. The molecule has 4 nitrogen and oxygen atoms in total. The van der Waals surface area contributed by atoms with Crippen LogP contribution in [0.5, 0.6) is 0 Å². The van der Waals surface area contributed by atoms with Crippen molar-refractivity contribution < 1.29 is 19.0 Å². The molecule has 2 spiro atoms. The average Bonchev–Trinajstić information content (AvgIpc) is 3.59. The van der Waals surface area contributed by atoms with Gasteiger partial charge in [0, 0.05) is 12.3 Å². The van der Waals surface area contributed by atoms with Crippen molar-refractivity contribution in [3.05, 3.63) is 0 Å². The first-order valence-electron chi connectivity index (χ1n) is 14.1. The highest BCUT2D eigenvalue weighted by Gasteiger charge is 2.94. The van der Waals surface area contributed by atoms with E-state index in [9.17, 15) is 4.79 Å². The molecule has 4 aliphatic carbocycles. The van der Waals surface area contributed by atoms with Gasteiger partial charge < -0.3 is 14.2 Å². The first kappa shape index (κ1) is 22.8. The third kappa shape index (κ3) is 2.86. The van der Waals surface area contributed by atoms with Crippen molar-refractivity contribution in [1.29, 1.82) is 0 Å². The lowest BCUT2D eigenvalue weighted by Crippen LogP contribution is -2.66. The van der Waals surface area contributed by atoms with Crippen molar-refractivity contribution >= 4 is 5.97 Å². The van der Waals surface area contributed by atoms with Gasteiger partial charge in [-0.2, -0.15) is 0 Å². The van der Waals surface area contributed by atoms with E-state index in [1.54, 1.807) is 6.92 Å². The molecule has 0 aromatic rings. The minimum absolute atomic E-state index is 0.0312. The first-order chi connectivity index (χ1) is 15.6. The molecule has 2 saturated heterocycles. The molecule has 6 rings (SSSR count). The molecule has 0 unspecified atom stereocenters. The Kier molecular flexibility index (Phi) is 4.99. The number of ether oxygens (including phenoxy) is 3. The summed E-state index contributed by atoms with van der Waals surface area (Å²) in [6.45, 7) is 13.9. The SMILES string of the molecule is CC(=O)O[C@H]1CC[C@@]2(C)[C@H](C1)C[C@H]1O[C@]13[C@@H]1CC[C@H]([C@H](C)CCCC(C)C)[C@@]1(C)C[C@H]1O[C@]132. The standard InChI is InChI=1S/C29H46O4/c1-17(2)8-7-9-18(3)22-10-11-23-26(22,5)16-25-29(33-25)27(6)13-12-21(31-19(4)30)14-20(27)15-24-28(23,29)32-24/h17-18,20-25H,7-16H2,1-6H3/t18-,20-,21+,22-,23-,24-,25-,26-,27+,28-,29+/m1/s1. The van der Waals surface area contributed by atoms with Gasteiger partial charge in [0.15, 0.2) is 0 Å². The molecule has 33 heavy (non-hydrogen) atoms. The predicted octanol–water partition coefficient (Wildman–Crippen LogP) is 6.30. The maximum atomic E-state index is 11.6. The highest BCUT2D eigenvalue weighted by molar-refractivity contribution is 5.66. The molecule has 6 aliphatic rings. The van der Waals surface area contributed by atoms with E-state index < -0.39 is 0 Å². The number of hydrogen-bond acceptors (Lipinski definition) is 4. The van der Waals surface area contributed by atoms with Gasteiger partial charge in [0.25, 0.3) is 0 Å². The van der Waals surface area contributed by atoms with Crippen LogP contribution in [0.25, 0.3) is 0 Å². The summed E-state index contributed by atoms with van der Waals surface area (Å²) in [7, 11) is 0. The summed E-state index contributed by atoms with van der Waals surface area (Å²) in [6.07, 6.45) is 13.0. The molecule has 0 N–H and O–H groups in total. The van der Waals surface area contributed by atoms with E-state index in [0.717, 1.165) is 43.4 Å². The molecule has 4 saturated carbocycles. The van der Waals surface area contributed by atoms with Crippen molar-refractivity contribution in [3.63, 3.8) is 0 Å². The van der Waals surface area contributed by atoms with Gasteiger partial charge in [-0.3, -0.25) is 4.79 Å². The topological polar surface area (TPSA) is 51.4 Å². The van der Waals surface area contributed by atoms with Gasteiger partial charge in [0.2, 0.25) is 0 Å². The molecule has 0 radical (unpaired) electrons. The van der Waals surface area contributed by atoms with Gasteiger partial charge in [-0.15, -0.1) is 0 Å². The largest absolute Gasteiger partial charge is 0.463 e. The quantitative estimate of drug-likeness (QED) is 0.346. The Labute approximate surface area is 200 Å². The van der Waals surface area contributed by atoms with Gasteiger partial charge in [-0.25, -0.2) is 0 Å².